The lowest BCUT2D eigenvalue weighted by atomic mass is 10.0. The van der Waals surface area contributed by atoms with Gasteiger partial charge in [-0.2, -0.15) is 0 Å². The van der Waals surface area contributed by atoms with Gasteiger partial charge in [-0.05, 0) is 37.0 Å². The van der Waals surface area contributed by atoms with E-state index in [0.29, 0.717) is 12.0 Å². The van der Waals surface area contributed by atoms with Gasteiger partial charge in [-0.15, -0.1) is 0 Å². The van der Waals surface area contributed by atoms with Gasteiger partial charge in [0.1, 0.15) is 0 Å². The number of nitrogens with zero attached hydrogens (tertiary/aromatic N) is 4. The molecule has 0 radical (unpaired) electrons. The lowest BCUT2D eigenvalue weighted by Gasteiger charge is -2.36. The Labute approximate surface area is 185 Å². The summed E-state index contributed by atoms with van der Waals surface area (Å²) >= 11 is 0. The molecule has 0 aliphatic carbocycles. The van der Waals surface area contributed by atoms with Crippen LogP contribution < -0.4 is 0 Å². The zero-order valence-electron chi connectivity index (χ0n) is 19.0. The van der Waals surface area contributed by atoms with Crippen LogP contribution in [-0.4, -0.2) is 58.0 Å². The van der Waals surface area contributed by atoms with E-state index in [0.717, 1.165) is 67.6 Å². The van der Waals surface area contributed by atoms with E-state index in [9.17, 15) is 4.79 Å². The zero-order chi connectivity index (χ0) is 21.8. The number of carbonyl (C=O) groups excluding carboxylic acids is 1. The minimum Gasteiger partial charge on any atom is -0.346 e. The van der Waals surface area contributed by atoms with Crippen molar-refractivity contribution in [2.75, 3.05) is 26.7 Å². The van der Waals surface area contributed by atoms with Crippen molar-refractivity contribution < 1.29 is 4.79 Å². The summed E-state index contributed by atoms with van der Waals surface area (Å²) in [6.45, 7) is 8.44. The summed E-state index contributed by atoms with van der Waals surface area (Å²) < 4.78 is 2.24. The van der Waals surface area contributed by atoms with Crippen LogP contribution in [0, 0.1) is 5.92 Å². The lowest BCUT2D eigenvalue weighted by Crippen LogP contribution is -2.46. The molecule has 31 heavy (non-hydrogen) atoms. The molecular weight excluding hydrogens is 384 g/mol. The van der Waals surface area contributed by atoms with E-state index in [-0.39, 0.29) is 5.91 Å². The second kappa shape index (κ2) is 9.65. The smallest absolute Gasteiger partial charge is 0.256 e. The summed E-state index contributed by atoms with van der Waals surface area (Å²) in [5.74, 6) is 0.678. The fourth-order valence-electron chi connectivity index (χ4n) is 4.67. The lowest BCUT2D eigenvalue weighted by molar-refractivity contribution is 0.0645. The van der Waals surface area contributed by atoms with Gasteiger partial charge in [0, 0.05) is 74.7 Å². The Morgan fingerprint density at radius 3 is 2.58 bits per heavy atom. The van der Waals surface area contributed by atoms with Crippen molar-refractivity contribution in [3.8, 4) is 0 Å². The zero-order valence-corrected chi connectivity index (χ0v) is 19.0. The van der Waals surface area contributed by atoms with Crippen LogP contribution in [0.25, 0.3) is 10.9 Å². The third-order valence-electron chi connectivity index (χ3n) is 6.42. The van der Waals surface area contributed by atoms with Crippen molar-refractivity contribution in [2.24, 2.45) is 5.92 Å². The molecule has 1 saturated heterocycles. The summed E-state index contributed by atoms with van der Waals surface area (Å²) in [5.41, 5.74) is 3.13. The summed E-state index contributed by atoms with van der Waals surface area (Å²) in [5, 5.41) is 1.06. The monoisotopic (exact) mass is 418 g/mol. The van der Waals surface area contributed by atoms with Crippen LogP contribution in [0.3, 0.4) is 0 Å². The van der Waals surface area contributed by atoms with E-state index in [2.05, 4.69) is 58.8 Å². The number of carbonyl (C=O) groups is 1. The minimum atomic E-state index is 0.144. The topological polar surface area (TPSA) is 41.4 Å². The van der Waals surface area contributed by atoms with Crippen LogP contribution in [0.2, 0.25) is 0 Å². The van der Waals surface area contributed by atoms with Crippen LogP contribution in [-0.2, 0) is 13.0 Å². The molecule has 3 heterocycles. The molecule has 0 atom stereocenters. The van der Waals surface area contributed by atoms with Gasteiger partial charge < -0.3 is 14.4 Å². The molecule has 0 saturated carbocycles. The number of likely N-dealkylation sites (tertiary alicyclic amines) is 1. The Balaban J connectivity index is 1.39. The number of hydrogen-bond acceptors (Lipinski definition) is 3. The fourth-order valence-corrected chi connectivity index (χ4v) is 4.67. The Hall–Kier alpha value is -2.66. The molecule has 1 aliphatic heterocycles. The maximum absolute atomic E-state index is 13.4. The third kappa shape index (κ3) is 4.99. The van der Waals surface area contributed by atoms with Crippen molar-refractivity contribution in [1.82, 2.24) is 19.4 Å². The average molecular weight is 419 g/mol. The number of para-hydroxylation sites is 1. The molecule has 3 aromatic rings. The van der Waals surface area contributed by atoms with E-state index in [1.807, 2.05) is 36.3 Å². The Bertz CT molecular complexity index is 1000. The van der Waals surface area contributed by atoms with E-state index in [4.69, 9.17) is 0 Å². The fraction of sp³-hybridized carbons (Fsp3) is 0.462. The second-order valence-electron chi connectivity index (χ2n) is 9.17. The van der Waals surface area contributed by atoms with Crippen LogP contribution in [0.15, 0.2) is 54.9 Å². The standard InChI is InChI=1S/C26H34N4O/c1-20(2)18-30-19-24(23-9-4-5-10-25(23)30)26(31)28(3)22-12-16-29(17-13-22)15-11-21-8-6-7-14-27-21/h4-10,14,19-20,22H,11-13,15-18H2,1-3H3. The molecule has 0 N–H and O–H groups in total. The number of fused-ring (bicyclic) bond motifs is 1. The minimum absolute atomic E-state index is 0.144. The second-order valence-corrected chi connectivity index (χ2v) is 9.17. The van der Waals surface area contributed by atoms with E-state index in [1.54, 1.807) is 0 Å². The molecule has 2 aromatic heterocycles. The molecule has 0 spiro atoms. The molecule has 5 nitrogen and oxygen atoms in total. The summed E-state index contributed by atoms with van der Waals surface area (Å²) in [6.07, 6.45) is 6.95. The van der Waals surface area contributed by atoms with Crippen molar-refractivity contribution in [3.63, 3.8) is 0 Å². The number of rotatable bonds is 7. The predicted molar refractivity (Wildman–Crippen MR) is 126 cm³/mol. The van der Waals surface area contributed by atoms with Crippen LogP contribution in [0.5, 0.6) is 0 Å². The number of piperidine rings is 1. The first-order valence-electron chi connectivity index (χ1n) is 11.5. The summed E-state index contributed by atoms with van der Waals surface area (Å²) in [4.78, 5) is 22.3. The Morgan fingerprint density at radius 2 is 1.87 bits per heavy atom. The number of pyridine rings is 1. The van der Waals surface area contributed by atoms with Gasteiger partial charge in [0.15, 0.2) is 0 Å². The first-order chi connectivity index (χ1) is 15.0. The molecule has 0 bridgehead atoms. The van der Waals surface area contributed by atoms with Crippen LogP contribution in [0.1, 0.15) is 42.7 Å². The van der Waals surface area contributed by atoms with Gasteiger partial charge in [0.05, 0.1) is 5.56 Å². The van der Waals surface area contributed by atoms with Gasteiger partial charge in [0.25, 0.3) is 5.91 Å². The maximum atomic E-state index is 13.4. The van der Waals surface area contributed by atoms with Crippen molar-refractivity contribution >= 4 is 16.8 Å². The Morgan fingerprint density at radius 1 is 1.13 bits per heavy atom. The van der Waals surface area contributed by atoms with Gasteiger partial charge in [0.2, 0.25) is 0 Å². The molecule has 164 valence electrons. The Kier molecular flexibility index (Phi) is 6.71. The van der Waals surface area contributed by atoms with E-state index < -0.39 is 0 Å². The maximum Gasteiger partial charge on any atom is 0.256 e. The van der Waals surface area contributed by atoms with E-state index in [1.165, 1.54) is 0 Å². The van der Waals surface area contributed by atoms with Gasteiger partial charge in [-0.1, -0.05) is 38.1 Å². The van der Waals surface area contributed by atoms with Crippen molar-refractivity contribution in [3.05, 3.63) is 66.1 Å². The number of hydrogen-bond donors (Lipinski definition) is 0. The highest BCUT2D eigenvalue weighted by Crippen LogP contribution is 2.25. The summed E-state index contributed by atoms with van der Waals surface area (Å²) in [7, 11) is 1.98. The SMILES string of the molecule is CC(C)Cn1cc(C(=O)N(C)C2CCN(CCc3ccccn3)CC2)c2ccccc21. The first kappa shape index (κ1) is 21.6. The highest BCUT2D eigenvalue weighted by Gasteiger charge is 2.27. The van der Waals surface area contributed by atoms with Gasteiger partial charge in [-0.3, -0.25) is 9.78 Å². The van der Waals surface area contributed by atoms with Crippen LogP contribution in [0.4, 0.5) is 0 Å². The van der Waals surface area contributed by atoms with E-state index >= 15 is 0 Å². The molecule has 5 heteroatoms. The molecule has 0 unspecified atom stereocenters. The van der Waals surface area contributed by atoms with Crippen molar-refractivity contribution in [2.45, 2.75) is 45.7 Å². The number of benzene rings is 1. The normalized spacial score (nSPS) is 15.6. The molecule has 1 aromatic carbocycles. The predicted octanol–water partition coefficient (Wildman–Crippen LogP) is 4.47. The molecule has 1 aliphatic rings. The quantitative estimate of drug-likeness (QED) is 0.568. The van der Waals surface area contributed by atoms with Gasteiger partial charge >= 0.3 is 0 Å². The van der Waals surface area contributed by atoms with Crippen molar-refractivity contribution in [1.29, 1.82) is 0 Å². The highest BCUT2D eigenvalue weighted by molar-refractivity contribution is 6.07. The molecule has 1 fully saturated rings. The third-order valence-corrected chi connectivity index (χ3v) is 6.42. The average Bonchev–Trinajstić information content (AvgIpc) is 3.15. The number of aromatic nitrogens is 2. The molecule has 1 amide bonds. The molecular formula is C26H34N4O. The van der Waals surface area contributed by atoms with Gasteiger partial charge in [-0.25, -0.2) is 0 Å². The first-order valence-corrected chi connectivity index (χ1v) is 11.5. The largest absolute Gasteiger partial charge is 0.346 e. The number of amides is 1. The highest BCUT2D eigenvalue weighted by atomic mass is 16.2. The molecule has 4 rings (SSSR count). The summed E-state index contributed by atoms with van der Waals surface area (Å²) in [6, 6.07) is 14.7. The van der Waals surface area contributed by atoms with Crippen LogP contribution >= 0.6 is 0 Å².